The largest absolute Gasteiger partial charge is 0.456 e. The van der Waals surface area contributed by atoms with Gasteiger partial charge in [-0.2, -0.15) is 0 Å². The molecule has 0 saturated heterocycles. The van der Waals surface area contributed by atoms with Crippen molar-refractivity contribution in [1.29, 1.82) is 0 Å². The first-order valence-electron chi connectivity index (χ1n) is 7.28. The quantitative estimate of drug-likeness (QED) is 0.812. The van der Waals surface area contributed by atoms with E-state index in [1.165, 1.54) is 11.1 Å². The molecule has 0 heterocycles. The minimum Gasteiger partial charge on any atom is -0.456 e. The predicted octanol–water partition coefficient (Wildman–Crippen LogP) is 5.14. The minimum absolute atomic E-state index is 0.163. The molecule has 0 amide bonds. The summed E-state index contributed by atoms with van der Waals surface area (Å²) in [6, 6.07) is 12.5. The summed E-state index contributed by atoms with van der Waals surface area (Å²) in [4.78, 5) is 0. The molecule has 0 aliphatic rings. The summed E-state index contributed by atoms with van der Waals surface area (Å²) in [6.07, 6.45) is 1.79. The summed E-state index contributed by atoms with van der Waals surface area (Å²) in [5.41, 5.74) is 9.69. The van der Waals surface area contributed by atoms with Crippen LogP contribution in [-0.2, 0) is 6.42 Å². The van der Waals surface area contributed by atoms with E-state index in [1.54, 1.807) is 0 Å². The normalized spacial score (nSPS) is 12.2. The fourth-order valence-electron chi connectivity index (χ4n) is 2.20. The van der Waals surface area contributed by atoms with Crippen LogP contribution < -0.4 is 10.5 Å². The molecule has 0 aliphatic carbocycles. The van der Waals surface area contributed by atoms with Crippen LogP contribution in [0.2, 0.25) is 0 Å². The van der Waals surface area contributed by atoms with E-state index in [2.05, 4.69) is 54.9 Å². The third-order valence-corrected chi connectivity index (χ3v) is 4.15. The van der Waals surface area contributed by atoms with Gasteiger partial charge in [0.15, 0.2) is 0 Å². The molecule has 0 bridgehead atoms. The Balaban J connectivity index is 2.30. The zero-order valence-electron chi connectivity index (χ0n) is 12.8. The first kappa shape index (κ1) is 16.1. The van der Waals surface area contributed by atoms with Gasteiger partial charge in [-0.25, -0.2) is 0 Å². The Labute approximate surface area is 135 Å². The summed E-state index contributed by atoms with van der Waals surface area (Å²) in [6.45, 7) is 6.26. The Bertz CT molecular complexity index is 625. The Morgan fingerprint density at radius 3 is 2.29 bits per heavy atom. The van der Waals surface area contributed by atoms with Gasteiger partial charge >= 0.3 is 0 Å². The molecule has 0 spiro atoms. The number of hydrogen-bond acceptors (Lipinski definition) is 2. The number of benzene rings is 2. The maximum absolute atomic E-state index is 6.10. The van der Waals surface area contributed by atoms with Gasteiger partial charge in [-0.15, -0.1) is 0 Å². The smallest absolute Gasteiger partial charge is 0.141 e. The second-order valence-electron chi connectivity index (χ2n) is 5.52. The molecule has 0 saturated carbocycles. The second kappa shape index (κ2) is 7.10. The first-order valence-corrected chi connectivity index (χ1v) is 8.08. The Morgan fingerprint density at radius 2 is 1.67 bits per heavy atom. The van der Waals surface area contributed by atoms with E-state index in [9.17, 15) is 0 Å². The first-order chi connectivity index (χ1) is 9.99. The van der Waals surface area contributed by atoms with Crippen molar-refractivity contribution in [1.82, 2.24) is 0 Å². The van der Waals surface area contributed by atoms with Crippen LogP contribution in [0.25, 0.3) is 0 Å². The minimum atomic E-state index is 0.163. The average Bonchev–Trinajstić information content (AvgIpc) is 2.44. The molecule has 0 aliphatic heterocycles. The van der Waals surface area contributed by atoms with Crippen molar-refractivity contribution in [2.75, 3.05) is 0 Å². The van der Waals surface area contributed by atoms with Crippen molar-refractivity contribution < 1.29 is 4.74 Å². The number of nitrogens with two attached hydrogens (primary N) is 1. The molecule has 21 heavy (non-hydrogen) atoms. The monoisotopic (exact) mass is 347 g/mol. The fourth-order valence-corrected chi connectivity index (χ4v) is 2.78. The summed E-state index contributed by atoms with van der Waals surface area (Å²) in [5.74, 6) is 1.71. The Morgan fingerprint density at radius 1 is 1.05 bits per heavy atom. The molecule has 2 aromatic rings. The summed E-state index contributed by atoms with van der Waals surface area (Å²) < 4.78 is 7.06. The Hall–Kier alpha value is -1.32. The molecule has 2 rings (SSSR count). The second-order valence-corrected chi connectivity index (χ2v) is 6.37. The predicted molar refractivity (Wildman–Crippen MR) is 92.1 cm³/mol. The SMILES string of the molecule is CCC(N)Cc1cc(C)ccc1Oc1ccc(C)cc1Br. The van der Waals surface area contributed by atoms with E-state index >= 15 is 0 Å². The lowest BCUT2D eigenvalue weighted by Crippen LogP contribution is -2.21. The van der Waals surface area contributed by atoms with Crippen LogP contribution in [0.4, 0.5) is 0 Å². The highest BCUT2D eigenvalue weighted by atomic mass is 79.9. The van der Waals surface area contributed by atoms with Gasteiger partial charge in [0, 0.05) is 6.04 Å². The van der Waals surface area contributed by atoms with Gasteiger partial charge in [0.25, 0.3) is 0 Å². The molecule has 2 aromatic carbocycles. The van der Waals surface area contributed by atoms with E-state index in [-0.39, 0.29) is 6.04 Å². The summed E-state index contributed by atoms with van der Waals surface area (Å²) >= 11 is 3.56. The zero-order valence-corrected chi connectivity index (χ0v) is 14.4. The van der Waals surface area contributed by atoms with E-state index in [4.69, 9.17) is 10.5 Å². The summed E-state index contributed by atoms with van der Waals surface area (Å²) in [7, 11) is 0. The maximum atomic E-state index is 6.10. The number of ether oxygens (including phenoxy) is 1. The van der Waals surface area contributed by atoms with E-state index in [1.807, 2.05) is 18.2 Å². The average molecular weight is 348 g/mol. The van der Waals surface area contributed by atoms with Crippen molar-refractivity contribution in [3.05, 3.63) is 57.6 Å². The van der Waals surface area contributed by atoms with Gasteiger partial charge in [-0.1, -0.05) is 30.7 Å². The highest BCUT2D eigenvalue weighted by Gasteiger charge is 2.11. The van der Waals surface area contributed by atoms with Crippen LogP contribution in [0.5, 0.6) is 11.5 Å². The lowest BCUT2D eigenvalue weighted by Gasteiger charge is -2.16. The highest BCUT2D eigenvalue weighted by molar-refractivity contribution is 9.10. The molecule has 0 radical (unpaired) electrons. The van der Waals surface area contributed by atoms with Crippen LogP contribution in [-0.4, -0.2) is 6.04 Å². The van der Waals surface area contributed by atoms with Crippen LogP contribution in [0.15, 0.2) is 40.9 Å². The van der Waals surface area contributed by atoms with Crippen LogP contribution in [0, 0.1) is 13.8 Å². The van der Waals surface area contributed by atoms with Crippen molar-refractivity contribution in [2.24, 2.45) is 5.73 Å². The molecule has 3 heteroatoms. The molecule has 2 nitrogen and oxygen atoms in total. The molecule has 112 valence electrons. The molecule has 0 aromatic heterocycles. The van der Waals surface area contributed by atoms with Gasteiger partial charge < -0.3 is 10.5 Å². The molecule has 1 atom stereocenters. The van der Waals surface area contributed by atoms with Crippen molar-refractivity contribution in [2.45, 2.75) is 39.7 Å². The van der Waals surface area contributed by atoms with E-state index < -0.39 is 0 Å². The number of rotatable bonds is 5. The van der Waals surface area contributed by atoms with Crippen LogP contribution in [0.3, 0.4) is 0 Å². The number of aryl methyl sites for hydroxylation is 2. The summed E-state index contributed by atoms with van der Waals surface area (Å²) in [5, 5.41) is 0. The number of hydrogen-bond donors (Lipinski definition) is 1. The van der Waals surface area contributed by atoms with Crippen LogP contribution >= 0.6 is 15.9 Å². The highest BCUT2D eigenvalue weighted by Crippen LogP contribution is 2.33. The Kier molecular flexibility index (Phi) is 5.43. The fraction of sp³-hybridized carbons (Fsp3) is 0.333. The number of halogens is 1. The van der Waals surface area contributed by atoms with Gasteiger partial charge in [-0.3, -0.25) is 0 Å². The third-order valence-electron chi connectivity index (χ3n) is 3.53. The third kappa shape index (κ3) is 4.32. The lowest BCUT2D eigenvalue weighted by molar-refractivity contribution is 0.469. The maximum Gasteiger partial charge on any atom is 0.141 e. The van der Waals surface area contributed by atoms with Crippen molar-refractivity contribution in [3.63, 3.8) is 0 Å². The molecule has 2 N–H and O–H groups in total. The van der Waals surface area contributed by atoms with Gasteiger partial charge in [0.1, 0.15) is 11.5 Å². The topological polar surface area (TPSA) is 35.2 Å². The van der Waals surface area contributed by atoms with Crippen LogP contribution in [0.1, 0.15) is 30.0 Å². The van der Waals surface area contributed by atoms with E-state index in [0.717, 1.165) is 34.4 Å². The van der Waals surface area contributed by atoms with Gasteiger partial charge in [-0.05, 0) is 71.9 Å². The molecule has 0 fully saturated rings. The van der Waals surface area contributed by atoms with Crippen molar-refractivity contribution >= 4 is 15.9 Å². The molecule has 1 unspecified atom stereocenters. The molecular weight excluding hydrogens is 326 g/mol. The van der Waals surface area contributed by atoms with E-state index in [0.29, 0.717) is 0 Å². The molecular formula is C18H22BrNO. The van der Waals surface area contributed by atoms with Gasteiger partial charge in [0.2, 0.25) is 0 Å². The standard InChI is InChI=1S/C18H22BrNO/c1-4-15(20)11-14-9-12(2)5-7-17(14)21-18-8-6-13(3)10-16(18)19/h5-10,15H,4,11,20H2,1-3H3. The van der Waals surface area contributed by atoms with Crippen molar-refractivity contribution in [3.8, 4) is 11.5 Å². The zero-order chi connectivity index (χ0) is 15.4. The lowest BCUT2D eigenvalue weighted by atomic mass is 10.0. The van der Waals surface area contributed by atoms with Gasteiger partial charge in [0.05, 0.1) is 4.47 Å².